The van der Waals surface area contributed by atoms with Crippen molar-refractivity contribution >= 4 is 15.7 Å². The van der Waals surface area contributed by atoms with Crippen molar-refractivity contribution < 1.29 is 17.9 Å². The third kappa shape index (κ3) is 3.78. The number of benzene rings is 2. The number of hydrogen-bond donors (Lipinski definition) is 3. The van der Waals surface area contributed by atoms with Gasteiger partial charge in [0.15, 0.2) is 0 Å². The number of hydrogen-bond acceptors (Lipinski definition) is 4. The summed E-state index contributed by atoms with van der Waals surface area (Å²) in [4.78, 5) is -0.539. The Hall–Kier alpha value is -1.96. The third-order valence-corrected chi connectivity index (χ3v) is 4.33. The van der Waals surface area contributed by atoms with E-state index in [0.717, 1.165) is 12.1 Å². The lowest BCUT2D eigenvalue weighted by Crippen LogP contribution is -2.29. The summed E-state index contributed by atoms with van der Waals surface area (Å²) in [6, 6.07) is 11.9. The normalized spacial score (nSPS) is 13.0. The van der Waals surface area contributed by atoms with Crippen molar-refractivity contribution in [2.45, 2.75) is 11.0 Å². The largest absolute Gasteiger partial charge is 0.399 e. The molecule has 2 aromatic carbocycles. The second kappa shape index (κ2) is 6.21. The van der Waals surface area contributed by atoms with Crippen molar-refractivity contribution in [1.82, 2.24) is 4.72 Å². The highest BCUT2D eigenvalue weighted by molar-refractivity contribution is 7.89. The quantitative estimate of drug-likeness (QED) is 0.728. The molecule has 0 aliphatic carbocycles. The summed E-state index contributed by atoms with van der Waals surface area (Å²) >= 11 is 0. The monoisotopic (exact) mass is 310 g/mol. The summed E-state index contributed by atoms with van der Waals surface area (Å²) in [6.45, 7) is -0.263. The lowest BCUT2D eigenvalue weighted by molar-refractivity contribution is 0.182. The molecule has 0 saturated heterocycles. The van der Waals surface area contributed by atoms with Crippen molar-refractivity contribution in [1.29, 1.82) is 0 Å². The second-order valence-electron chi connectivity index (χ2n) is 4.47. The first-order valence-corrected chi connectivity index (χ1v) is 7.66. The zero-order valence-corrected chi connectivity index (χ0v) is 11.8. The van der Waals surface area contributed by atoms with Crippen LogP contribution in [0.3, 0.4) is 0 Å². The van der Waals surface area contributed by atoms with E-state index in [9.17, 15) is 17.9 Å². The topological polar surface area (TPSA) is 92.4 Å². The van der Waals surface area contributed by atoms with Crippen LogP contribution in [-0.4, -0.2) is 20.1 Å². The van der Waals surface area contributed by atoms with Gasteiger partial charge in [-0.15, -0.1) is 0 Å². The molecule has 0 bridgehead atoms. The van der Waals surface area contributed by atoms with Crippen LogP contribution in [0.15, 0.2) is 53.4 Å². The van der Waals surface area contributed by atoms with Crippen molar-refractivity contribution in [3.63, 3.8) is 0 Å². The fraction of sp³-hybridized carbons (Fsp3) is 0.143. The van der Waals surface area contributed by atoms with Gasteiger partial charge in [0, 0.05) is 12.2 Å². The molecule has 1 unspecified atom stereocenters. The van der Waals surface area contributed by atoms with Crippen LogP contribution in [0.25, 0.3) is 0 Å². The van der Waals surface area contributed by atoms with E-state index in [4.69, 9.17) is 5.73 Å². The van der Waals surface area contributed by atoms with Crippen LogP contribution in [0.2, 0.25) is 0 Å². The van der Waals surface area contributed by atoms with Crippen LogP contribution in [0, 0.1) is 5.82 Å². The molecule has 2 rings (SSSR count). The predicted octanol–water partition coefficient (Wildman–Crippen LogP) is 1.42. The van der Waals surface area contributed by atoms with Crippen molar-refractivity contribution in [2.75, 3.05) is 12.3 Å². The van der Waals surface area contributed by atoms with Crippen LogP contribution in [0.4, 0.5) is 10.1 Å². The molecule has 0 saturated carbocycles. The lowest BCUT2D eigenvalue weighted by atomic mass is 10.1. The number of nitrogen functional groups attached to an aromatic ring is 1. The Morgan fingerprint density at radius 1 is 1.19 bits per heavy atom. The summed E-state index contributed by atoms with van der Waals surface area (Å²) in [7, 11) is -4.08. The molecule has 0 spiro atoms. The number of rotatable bonds is 5. The summed E-state index contributed by atoms with van der Waals surface area (Å²) in [5, 5.41) is 9.91. The Morgan fingerprint density at radius 2 is 1.86 bits per heavy atom. The summed E-state index contributed by atoms with van der Waals surface area (Å²) in [6.07, 6.45) is -1.02. The van der Waals surface area contributed by atoms with Crippen molar-refractivity contribution in [2.24, 2.45) is 0 Å². The molecule has 5 nitrogen and oxygen atoms in total. The number of anilines is 1. The standard InChI is InChI=1S/C14H15FN2O3S/c15-12-7-6-11(16)8-14(12)21(19,20)17-9-13(18)10-4-2-1-3-5-10/h1-8,13,17-18H,9,16H2. The maximum Gasteiger partial charge on any atom is 0.243 e. The molecule has 0 radical (unpaired) electrons. The summed E-state index contributed by atoms with van der Waals surface area (Å²) in [5.74, 6) is -0.897. The van der Waals surface area contributed by atoms with Crippen LogP contribution >= 0.6 is 0 Å². The van der Waals surface area contributed by atoms with Gasteiger partial charge in [0.1, 0.15) is 10.7 Å². The second-order valence-corrected chi connectivity index (χ2v) is 6.20. The van der Waals surface area contributed by atoms with E-state index in [0.29, 0.717) is 5.56 Å². The maximum absolute atomic E-state index is 13.6. The van der Waals surface area contributed by atoms with Gasteiger partial charge in [0.2, 0.25) is 10.0 Å². The molecule has 4 N–H and O–H groups in total. The Labute approximate surface area is 122 Å². The molecule has 0 amide bonds. The Morgan fingerprint density at radius 3 is 2.52 bits per heavy atom. The first-order valence-electron chi connectivity index (χ1n) is 6.18. The minimum absolute atomic E-state index is 0.139. The fourth-order valence-corrected chi connectivity index (χ4v) is 2.93. The van der Waals surface area contributed by atoms with E-state index in [1.165, 1.54) is 6.07 Å². The molecule has 7 heteroatoms. The fourth-order valence-electron chi connectivity index (χ4n) is 1.79. The Bertz CT molecular complexity index is 720. The maximum atomic E-state index is 13.6. The predicted molar refractivity (Wildman–Crippen MR) is 77.4 cm³/mol. The van der Waals surface area contributed by atoms with Crippen LogP contribution < -0.4 is 10.5 Å². The van der Waals surface area contributed by atoms with Gasteiger partial charge in [0.25, 0.3) is 0 Å². The molecular formula is C14H15FN2O3S. The van der Waals surface area contributed by atoms with Crippen LogP contribution in [-0.2, 0) is 10.0 Å². The molecule has 112 valence electrons. The molecule has 0 aliphatic heterocycles. The molecule has 0 heterocycles. The van der Waals surface area contributed by atoms with E-state index >= 15 is 0 Å². The first kappa shape index (κ1) is 15.4. The highest BCUT2D eigenvalue weighted by atomic mass is 32.2. The van der Waals surface area contributed by atoms with Crippen molar-refractivity contribution in [3.8, 4) is 0 Å². The van der Waals surface area contributed by atoms with Gasteiger partial charge >= 0.3 is 0 Å². The minimum atomic E-state index is -4.08. The van der Waals surface area contributed by atoms with Gasteiger partial charge in [-0.25, -0.2) is 17.5 Å². The molecule has 0 fully saturated rings. The van der Waals surface area contributed by atoms with Crippen LogP contribution in [0.1, 0.15) is 11.7 Å². The molecule has 1 atom stereocenters. The zero-order chi connectivity index (χ0) is 15.5. The van der Waals surface area contributed by atoms with Gasteiger partial charge in [-0.1, -0.05) is 30.3 Å². The molecule has 2 aromatic rings. The van der Waals surface area contributed by atoms with E-state index in [-0.39, 0.29) is 12.2 Å². The smallest absolute Gasteiger partial charge is 0.243 e. The average molecular weight is 310 g/mol. The lowest BCUT2D eigenvalue weighted by Gasteiger charge is -2.13. The highest BCUT2D eigenvalue weighted by Crippen LogP contribution is 2.18. The Balaban J connectivity index is 2.13. The number of nitrogens with one attached hydrogen (secondary N) is 1. The SMILES string of the molecule is Nc1ccc(F)c(S(=O)(=O)NCC(O)c2ccccc2)c1. The zero-order valence-electron chi connectivity index (χ0n) is 11.0. The molecular weight excluding hydrogens is 295 g/mol. The van der Waals surface area contributed by atoms with Gasteiger partial charge in [0.05, 0.1) is 6.10 Å². The van der Waals surface area contributed by atoms with Gasteiger partial charge in [-0.3, -0.25) is 0 Å². The number of halogens is 1. The van der Waals surface area contributed by atoms with Gasteiger partial charge < -0.3 is 10.8 Å². The van der Waals surface area contributed by atoms with Gasteiger partial charge in [-0.2, -0.15) is 0 Å². The summed E-state index contributed by atoms with van der Waals surface area (Å²) in [5.41, 5.74) is 6.17. The molecule has 0 aromatic heterocycles. The van der Waals surface area contributed by atoms with Crippen molar-refractivity contribution in [3.05, 3.63) is 59.9 Å². The average Bonchev–Trinajstić information content (AvgIpc) is 2.48. The number of sulfonamides is 1. The minimum Gasteiger partial charge on any atom is -0.399 e. The molecule has 0 aliphatic rings. The first-order chi connectivity index (χ1) is 9.90. The van der Waals surface area contributed by atoms with Gasteiger partial charge in [-0.05, 0) is 23.8 Å². The van der Waals surface area contributed by atoms with E-state index in [2.05, 4.69) is 4.72 Å². The van der Waals surface area contributed by atoms with E-state index in [1.807, 2.05) is 0 Å². The number of nitrogens with two attached hydrogens (primary N) is 1. The number of aliphatic hydroxyl groups excluding tert-OH is 1. The Kier molecular flexibility index (Phi) is 4.56. The third-order valence-electron chi connectivity index (χ3n) is 2.90. The summed E-state index contributed by atoms with van der Waals surface area (Å²) < 4.78 is 39.8. The van der Waals surface area contributed by atoms with E-state index < -0.39 is 26.8 Å². The number of aliphatic hydroxyl groups is 1. The highest BCUT2D eigenvalue weighted by Gasteiger charge is 2.20. The van der Waals surface area contributed by atoms with Crippen LogP contribution in [0.5, 0.6) is 0 Å². The molecule has 21 heavy (non-hydrogen) atoms. The van der Waals surface area contributed by atoms with E-state index in [1.54, 1.807) is 30.3 Å².